The van der Waals surface area contributed by atoms with E-state index in [-0.39, 0.29) is 0 Å². The van der Waals surface area contributed by atoms with Gasteiger partial charge in [-0.2, -0.15) is 5.10 Å². The largest absolute Gasteiger partial charge is 0.376 e. The first-order chi connectivity index (χ1) is 11.3. The van der Waals surface area contributed by atoms with Crippen molar-refractivity contribution in [1.82, 2.24) is 19.7 Å². The third-order valence-electron chi connectivity index (χ3n) is 5.10. The van der Waals surface area contributed by atoms with Crippen LogP contribution in [0.15, 0.2) is 24.5 Å². The lowest BCUT2D eigenvalue weighted by Crippen LogP contribution is -2.34. The molecule has 4 heterocycles. The molecule has 0 N–H and O–H groups in total. The van der Waals surface area contributed by atoms with Crippen molar-refractivity contribution >= 4 is 0 Å². The van der Waals surface area contributed by atoms with E-state index in [4.69, 9.17) is 9.84 Å². The maximum absolute atomic E-state index is 5.71. The minimum absolute atomic E-state index is 0.411. The van der Waals surface area contributed by atoms with Crippen LogP contribution in [0.3, 0.4) is 0 Å². The Hall–Kier alpha value is -1.72. The van der Waals surface area contributed by atoms with Gasteiger partial charge < -0.3 is 4.74 Å². The molecule has 5 nitrogen and oxygen atoms in total. The van der Waals surface area contributed by atoms with Gasteiger partial charge in [0.25, 0.3) is 0 Å². The van der Waals surface area contributed by atoms with Crippen molar-refractivity contribution in [3.8, 4) is 0 Å². The number of hydrogen-bond donors (Lipinski definition) is 0. The summed E-state index contributed by atoms with van der Waals surface area (Å²) in [5.74, 6) is 0. The molecule has 1 unspecified atom stereocenters. The van der Waals surface area contributed by atoms with Crippen LogP contribution in [0.2, 0.25) is 0 Å². The van der Waals surface area contributed by atoms with Crippen LogP contribution in [0.5, 0.6) is 0 Å². The molecule has 4 rings (SSSR count). The molecule has 0 aliphatic carbocycles. The standard InChI is InChI=1S/C18H24N4O/c1-21-16-7-11-23-13-15(16)18(20-21)17-4-2-3-10-22(17)12-14-5-8-19-9-6-14/h5-6,8-9,17H,2-4,7,10-13H2,1H3. The Morgan fingerprint density at radius 2 is 2.13 bits per heavy atom. The number of aromatic nitrogens is 3. The number of rotatable bonds is 3. The van der Waals surface area contributed by atoms with Gasteiger partial charge in [0, 0.05) is 43.7 Å². The summed E-state index contributed by atoms with van der Waals surface area (Å²) in [7, 11) is 2.07. The molecule has 2 aliphatic rings. The summed E-state index contributed by atoms with van der Waals surface area (Å²) >= 11 is 0. The van der Waals surface area contributed by atoms with Crippen LogP contribution < -0.4 is 0 Å². The van der Waals surface area contributed by atoms with E-state index in [9.17, 15) is 0 Å². The molecule has 23 heavy (non-hydrogen) atoms. The minimum Gasteiger partial charge on any atom is -0.376 e. The van der Waals surface area contributed by atoms with Crippen molar-refractivity contribution in [2.24, 2.45) is 7.05 Å². The number of fused-ring (bicyclic) bond motifs is 1. The van der Waals surface area contributed by atoms with Gasteiger partial charge in [0.1, 0.15) is 0 Å². The predicted molar refractivity (Wildman–Crippen MR) is 87.8 cm³/mol. The lowest BCUT2D eigenvalue weighted by atomic mass is 9.95. The molecule has 0 spiro atoms. The van der Waals surface area contributed by atoms with E-state index in [0.717, 1.165) is 32.7 Å². The van der Waals surface area contributed by atoms with Crippen molar-refractivity contribution in [2.75, 3.05) is 13.2 Å². The normalized spacial score (nSPS) is 22.0. The highest BCUT2D eigenvalue weighted by Gasteiger charge is 2.31. The van der Waals surface area contributed by atoms with Crippen molar-refractivity contribution in [2.45, 2.75) is 44.9 Å². The predicted octanol–water partition coefficient (Wildman–Crippen LogP) is 2.62. The second kappa shape index (κ2) is 6.42. The van der Waals surface area contributed by atoms with Gasteiger partial charge in [-0.25, -0.2) is 0 Å². The maximum Gasteiger partial charge on any atom is 0.0854 e. The maximum atomic E-state index is 5.71. The summed E-state index contributed by atoms with van der Waals surface area (Å²) in [6, 6.07) is 4.64. The summed E-state index contributed by atoms with van der Waals surface area (Å²) in [6.45, 7) is 3.65. The Kier molecular flexibility index (Phi) is 4.14. The zero-order chi connectivity index (χ0) is 15.6. The molecule has 1 saturated heterocycles. The van der Waals surface area contributed by atoms with Crippen LogP contribution in [0.4, 0.5) is 0 Å². The number of ether oxygens (including phenoxy) is 1. The highest BCUT2D eigenvalue weighted by atomic mass is 16.5. The van der Waals surface area contributed by atoms with Crippen molar-refractivity contribution in [1.29, 1.82) is 0 Å². The van der Waals surface area contributed by atoms with E-state index >= 15 is 0 Å². The van der Waals surface area contributed by atoms with Crippen LogP contribution in [-0.2, 0) is 31.4 Å². The number of likely N-dealkylation sites (tertiary alicyclic amines) is 1. The van der Waals surface area contributed by atoms with Gasteiger partial charge in [-0.15, -0.1) is 0 Å². The van der Waals surface area contributed by atoms with Crippen LogP contribution in [0.25, 0.3) is 0 Å². The van der Waals surface area contributed by atoms with Crippen LogP contribution in [0.1, 0.15) is 47.8 Å². The average molecular weight is 312 g/mol. The molecule has 122 valence electrons. The molecule has 2 aromatic heterocycles. The number of hydrogen-bond acceptors (Lipinski definition) is 4. The molecule has 0 saturated carbocycles. The third kappa shape index (κ3) is 2.91. The highest BCUT2D eigenvalue weighted by Crippen LogP contribution is 2.35. The second-order valence-electron chi connectivity index (χ2n) is 6.57. The summed E-state index contributed by atoms with van der Waals surface area (Å²) < 4.78 is 7.79. The molecule has 0 radical (unpaired) electrons. The topological polar surface area (TPSA) is 43.2 Å². The van der Waals surface area contributed by atoms with E-state index in [1.807, 2.05) is 12.4 Å². The summed E-state index contributed by atoms with van der Waals surface area (Å²) in [6.07, 6.45) is 8.48. The van der Waals surface area contributed by atoms with Gasteiger partial charge in [-0.1, -0.05) is 6.42 Å². The van der Waals surface area contributed by atoms with E-state index in [1.54, 1.807) is 0 Å². The van der Waals surface area contributed by atoms with E-state index in [0.29, 0.717) is 6.04 Å². The summed E-state index contributed by atoms with van der Waals surface area (Å²) in [5.41, 5.74) is 5.27. The van der Waals surface area contributed by atoms with E-state index in [2.05, 4.69) is 33.7 Å². The van der Waals surface area contributed by atoms with E-state index in [1.165, 1.54) is 41.8 Å². The lowest BCUT2D eigenvalue weighted by Gasteiger charge is -2.35. The Morgan fingerprint density at radius 1 is 1.26 bits per heavy atom. The average Bonchev–Trinajstić information content (AvgIpc) is 2.94. The molecule has 1 fully saturated rings. The van der Waals surface area contributed by atoms with Gasteiger partial charge in [0.2, 0.25) is 0 Å². The molecule has 0 aromatic carbocycles. The Morgan fingerprint density at radius 3 is 3.00 bits per heavy atom. The number of piperidine rings is 1. The van der Waals surface area contributed by atoms with Crippen molar-refractivity contribution in [3.63, 3.8) is 0 Å². The zero-order valence-electron chi connectivity index (χ0n) is 13.7. The first-order valence-corrected chi connectivity index (χ1v) is 8.58. The molecule has 0 bridgehead atoms. The Bertz CT molecular complexity index is 667. The van der Waals surface area contributed by atoms with Crippen molar-refractivity contribution < 1.29 is 4.74 Å². The first kappa shape index (κ1) is 14.8. The lowest BCUT2D eigenvalue weighted by molar-refractivity contribution is 0.102. The molecule has 1 atom stereocenters. The molecular weight excluding hydrogens is 288 g/mol. The third-order valence-corrected chi connectivity index (χ3v) is 5.10. The van der Waals surface area contributed by atoms with Crippen molar-refractivity contribution in [3.05, 3.63) is 47.0 Å². The summed E-state index contributed by atoms with van der Waals surface area (Å²) in [5, 5.41) is 4.89. The van der Waals surface area contributed by atoms with Crippen LogP contribution in [-0.4, -0.2) is 32.8 Å². The fourth-order valence-corrected chi connectivity index (χ4v) is 3.92. The smallest absolute Gasteiger partial charge is 0.0854 e. The number of nitrogens with zero attached hydrogens (tertiary/aromatic N) is 4. The van der Waals surface area contributed by atoms with E-state index < -0.39 is 0 Å². The van der Waals surface area contributed by atoms with Gasteiger partial charge in [0.05, 0.1) is 24.9 Å². The molecule has 0 amide bonds. The fraction of sp³-hybridized carbons (Fsp3) is 0.556. The molecular formula is C18H24N4O. The van der Waals surface area contributed by atoms with Gasteiger partial charge in [0.15, 0.2) is 0 Å². The Labute approximate surface area is 137 Å². The van der Waals surface area contributed by atoms with Gasteiger partial charge in [-0.05, 0) is 37.1 Å². The molecule has 5 heteroatoms. The number of pyridine rings is 1. The minimum atomic E-state index is 0.411. The SMILES string of the molecule is Cn1nc(C2CCCCN2Cc2ccncc2)c2c1CCOC2. The number of aryl methyl sites for hydroxylation is 1. The molecule has 2 aromatic rings. The highest BCUT2D eigenvalue weighted by molar-refractivity contribution is 5.30. The summed E-state index contributed by atoms with van der Waals surface area (Å²) in [4.78, 5) is 6.71. The quantitative estimate of drug-likeness (QED) is 0.874. The van der Waals surface area contributed by atoms with Gasteiger partial charge >= 0.3 is 0 Å². The zero-order valence-corrected chi connectivity index (χ0v) is 13.7. The van der Waals surface area contributed by atoms with Crippen LogP contribution in [0, 0.1) is 0 Å². The monoisotopic (exact) mass is 312 g/mol. The Balaban J connectivity index is 1.63. The van der Waals surface area contributed by atoms with Gasteiger partial charge in [-0.3, -0.25) is 14.6 Å². The molecule has 2 aliphatic heterocycles. The fourth-order valence-electron chi connectivity index (χ4n) is 3.92. The second-order valence-corrected chi connectivity index (χ2v) is 6.57. The van der Waals surface area contributed by atoms with Crippen LogP contribution >= 0.6 is 0 Å². The first-order valence-electron chi connectivity index (χ1n) is 8.58.